The number of carbonyl (C=O) groups is 3. The van der Waals surface area contributed by atoms with Crippen molar-refractivity contribution in [3.63, 3.8) is 0 Å². The summed E-state index contributed by atoms with van der Waals surface area (Å²) in [6, 6.07) is 9.65. The molecule has 0 saturated carbocycles. The SMILES string of the molecule is O=C(NNC(=O)c1ccncc1)C(=O)Nc1ccc(Br)cc1. The zero-order valence-corrected chi connectivity index (χ0v) is 12.8. The lowest BCUT2D eigenvalue weighted by Crippen LogP contribution is -2.46. The first-order valence-corrected chi connectivity index (χ1v) is 6.93. The molecule has 1 aromatic carbocycles. The van der Waals surface area contributed by atoms with Gasteiger partial charge in [-0.2, -0.15) is 0 Å². The number of hydrogen-bond acceptors (Lipinski definition) is 4. The van der Waals surface area contributed by atoms with Crippen LogP contribution in [0.2, 0.25) is 0 Å². The van der Waals surface area contributed by atoms with Crippen molar-refractivity contribution in [2.75, 3.05) is 5.32 Å². The lowest BCUT2D eigenvalue weighted by molar-refractivity contribution is -0.136. The Morgan fingerprint density at radius 3 is 2.14 bits per heavy atom. The first-order chi connectivity index (χ1) is 10.6. The second-order valence-corrected chi connectivity index (χ2v) is 5.02. The van der Waals surface area contributed by atoms with Crippen molar-refractivity contribution in [2.24, 2.45) is 0 Å². The molecule has 22 heavy (non-hydrogen) atoms. The third-order valence-corrected chi connectivity index (χ3v) is 3.07. The Bertz CT molecular complexity index is 689. The van der Waals surface area contributed by atoms with Gasteiger partial charge in [0.25, 0.3) is 5.91 Å². The van der Waals surface area contributed by atoms with E-state index in [4.69, 9.17) is 0 Å². The lowest BCUT2D eigenvalue weighted by atomic mass is 10.3. The number of hydrazine groups is 1. The van der Waals surface area contributed by atoms with Crippen molar-refractivity contribution >= 4 is 39.3 Å². The van der Waals surface area contributed by atoms with Gasteiger partial charge in [-0.15, -0.1) is 0 Å². The Hall–Kier alpha value is -2.74. The van der Waals surface area contributed by atoms with Gasteiger partial charge in [0.1, 0.15) is 0 Å². The van der Waals surface area contributed by atoms with Gasteiger partial charge in [-0.05, 0) is 36.4 Å². The molecule has 2 aromatic rings. The average Bonchev–Trinajstić information content (AvgIpc) is 2.55. The monoisotopic (exact) mass is 362 g/mol. The maximum atomic E-state index is 11.7. The molecular formula is C14H11BrN4O3. The number of nitrogens with zero attached hydrogens (tertiary/aromatic N) is 1. The van der Waals surface area contributed by atoms with E-state index in [2.05, 4.69) is 31.7 Å². The van der Waals surface area contributed by atoms with E-state index in [-0.39, 0.29) is 0 Å². The molecule has 8 heteroatoms. The van der Waals surface area contributed by atoms with Gasteiger partial charge in [-0.3, -0.25) is 30.2 Å². The molecule has 2 rings (SSSR count). The fourth-order valence-electron chi connectivity index (χ4n) is 1.47. The molecule has 0 spiro atoms. The Morgan fingerprint density at radius 2 is 1.50 bits per heavy atom. The van der Waals surface area contributed by atoms with Crippen molar-refractivity contribution in [3.8, 4) is 0 Å². The summed E-state index contributed by atoms with van der Waals surface area (Å²) in [4.78, 5) is 38.7. The topological polar surface area (TPSA) is 100 Å². The number of carbonyl (C=O) groups excluding carboxylic acids is 3. The molecule has 1 heterocycles. The predicted octanol–water partition coefficient (Wildman–Crippen LogP) is 1.24. The van der Waals surface area contributed by atoms with Crippen LogP contribution < -0.4 is 16.2 Å². The first kappa shape index (κ1) is 15.6. The van der Waals surface area contributed by atoms with Crippen molar-refractivity contribution < 1.29 is 14.4 Å². The summed E-state index contributed by atoms with van der Waals surface area (Å²) in [5.41, 5.74) is 4.94. The smallest absolute Gasteiger partial charge is 0.318 e. The quantitative estimate of drug-likeness (QED) is 0.552. The summed E-state index contributed by atoms with van der Waals surface area (Å²) in [5.74, 6) is -2.42. The lowest BCUT2D eigenvalue weighted by Gasteiger charge is -2.08. The zero-order valence-electron chi connectivity index (χ0n) is 11.2. The highest BCUT2D eigenvalue weighted by Gasteiger charge is 2.15. The second kappa shape index (κ2) is 7.32. The maximum Gasteiger partial charge on any atom is 0.328 e. The maximum absolute atomic E-state index is 11.7. The molecule has 0 bridgehead atoms. The third kappa shape index (κ3) is 4.38. The highest BCUT2D eigenvalue weighted by molar-refractivity contribution is 9.10. The van der Waals surface area contributed by atoms with Crippen LogP contribution >= 0.6 is 15.9 Å². The molecule has 0 radical (unpaired) electrons. The van der Waals surface area contributed by atoms with Gasteiger partial charge in [0.05, 0.1) is 0 Å². The van der Waals surface area contributed by atoms with Crippen LogP contribution in [0.3, 0.4) is 0 Å². The van der Waals surface area contributed by atoms with E-state index in [1.54, 1.807) is 24.3 Å². The summed E-state index contributed by atoms with van der Waals surface area (Å²) < 4.78 is 0.847. The number of amides is 3. The van der Waals surface area contributed by atoms with Gasteiger partial charge in [-0.1, -0.05) is 15.9 Å². The van der Waals surface area contributed by atoms with Gasteiger partial charge in [-0.25, -0.2) is 0 Å². The van der Waals surface area contributed by atoms with Crippen LogP contribution in [-0.2, 0) is 9.59 Å². The van der Waals surface area contributed by atoms with Crippen LogP contribution in [0.5, 0.6) is 0 Å². The van der Waals surface area contributed by atoms with Crippen molar-refractivity contribution in [3.05, 3.63) is 58.8 Å². The molecule has 0 aliphatic carbocycles. The number of halogens is 1. The highest BCUT2D eigenvalue weighted by atomic mass is 79.9. The van der Waals surface area contributed by atoms with Gasteiger partial charge < -0.3 is 5.32 Å². The Balaban J connectivity index is 1.85. The van der Waals surface area contributed by atoms with Crippen LogP contribution in [0.1, 0.15) is 10.4 Å². The van der Waals surface area contributed by atoms with Crippen LogP contribution in [0.4, 0.5) is 5.69 Å². The molecule has 112 valence electrons. The average molecular weight is 363 g/mol. The fourth-order valence-corrected chi connectivity index (χ4v) is 1.73. The zero-order chi connectivity index (χ0) is 15.9. The van der Waals surface area contributed by atoms with Gasteiger partial charge >= 0.3 is 11.8 Å². The minimum absolute atomic E-state index is 0.309. The number of pyridine rings is 1. The number of nitrogens with one attached hydrogen (secondary N) is 3. The van der Waals surface area contributed by atoms with E-state index in [9.17, 15) is 14.4 Å². The normalized spacial score (nSPS) is 9.68. The van der Waals surface area contributed by atoms with Crippen LogP contribution in [0.25, 0.3) is 0 Å². The van der Waals surface area contributed by atoms with Crippen LogP contribution in [-0.4, -0.2) is 22.7 Å². The van der Waals surface area contributed by atoms with Crippen LogP contribution in [0.15, 0.2) is 53.3 Å². The molecule has 0 fully saturated rings. The number of benzene rings is 1. The molecule has 3 N–H and O–H groups in total. The van der Waals surface area contributed by atoms with Gasteiger partial charge in [0, 0.05) is 28.1 Å². The molecule has 0 aliphatic rings. The molecule has 0 aliphatic heterocycles. The number of anilines is 1. The summed E-state index contributed by atoms with van der Waals surface area (Å²) in [5, 5.41) is 2.40. The highest BCUT2D eigenvalue weighted by Crippen LogP contribution is 2.13. The largest absolute Gasteiger partial charge is 0.328 e. The molecule has 1 aromatic heterocycles. The Labute approximate surface area is 134 Å². The molecule has 0 unspecified atom stereocenters. The molecular weight excluding hydrogens is 352 g/mol. The van der Waals surface area contributed by atoms with Gasteiger partial charge in [0.15, 0.2) is 0 Å². The van der Waals surface area contributed by atoms with Crippen LogP contribution in [0, 0.1) is 0 Å². The summed E-state index contributed by atoms with van der Waals surface area (Å²) >= 11 is 3.26. The van der Waals surface area contributed by atoms with Crippen molar-refractivity contribution in [1.29, 1.82) is 0 Å². The van der Waals surface area contributed by atoms with E-state index in [1.165, 1.54) is 24.5 Å². The first-order valence-electron chi connectivity index (χ1n) is 6.13. The van der Waals surface area contributed by atoms with E-state index in [1.807, 2.05) is 5.43 Å². The van der Waals surface area contributed by atoms with E-state index in [0.29, 0.717) is 11.3 Å². The van der Waals surface area contributed by atoms with E-state index < -0.39 is 17.7 Å². The second-order valence-electron chi connectivity index (χ2n) is 4.11. The molecule has 7 nitrogen and oxygen atoms in total. The van der Waals surface area contributed by atoms with Crippen molar-refractivity contribution in [2.45, 2.75) is 0 Å². The molecule has 3 amide bonds. The Kier molecular flexibility index (Phi) is 5.21. The number of hydrogen-bond donors (Lipinski definition) is 3. The summed E-state index contributed by atoms with van der Waals surface area (Å²) in [7, 11) is 0. The summed E-state index contributed by atoms with van der Waals surface area (Å²) in [6.45, 7) is 0. The predicted molar refractivity (Wildman–Crippen MR) is 82.6 cm³/mol. The minimum atomic E-state index is -0.981. The van der Waals surface area contributed by atoms with E-state index >= 15 is 0 Å². The minimum Gasteiger partial charge on any atom is -0.318 e. The van der Waals surface area contributed by atoms with Crippen molar-refractivity contribution in [1.82, 2.24) is 15.8 Å². The number of rotatable bonds is 2. The van der Waals surface area contributed by atoms with Gasteiger partial charge in [0.2, 0.25) is 0 Å². The standard InChI is InChI=1S/C14H11BrN4O3/c15-10-1-3-11(4-2-10)17-13(21)14(22)19-18-12(20)9-5-7-16-8-6-9/h1-8H,(H,17,21)(H,18,20)(H,19,22). The fraction of sp³-hybridized carbons (Fsp3) is 0. The third-order valence-electron chi connectivity index (χ3n) is 2.54. The Morgan fingerprint density at radius 1 is 0.864 bits per heavy atom. The van der Waals surface area contributed by atoms with E-state index in [0.717, 1.165) is 4.47 Å². The molecule has 0 saturated heterocycles. The number of aromatic nitrogens is 1. The molecule has 0 atom stereocenters. The summed E-state index contributed by atoms with van der Waals surface area (Å²) in [6.07, 6.45) is 2.88.